The van der Waals surface area contributed by atoms with Crippen LogP contribution in [0.15, 0.2) is 0 Å². The van der Waals surface area contributed by atoms with E-state index in [0.29, 0.717) is 6.42 Å². The minimum atomic E-state index is -0.806. The molecule has 0 spiro atoms. The Morgan fingerprint density at radius 1 is 1.32 bits per heavy atom. The molecule has 3 atom stereocenters. The van der Waals surface area contributed by atoms with Gasteiger partial charge in [0.1, 0.15) is 0 Å². The summed E-state index contributed by atoms with van der Waals surface area (Å²) < 4.78 is 5.77. The highest BCUT2D eigenvalue weighted by Gasteiger charge is 2.34. The van der Waals surface area contributed by atoms with Crippen LogP contribution in [0.25, 0.3) is 0 Å². The summed E-state index contributed by atoms with van der Waals surface area (Å²) >= 11 is 0. The summed E-state index contributed by atoms with van der Waals surface area (Å²) in [5.74, 6) is 2.02. The molecule has 0 aliphatic carbocycles. The Bertz CT molecular complexity index is 381. The topological polar surface area (TPSA) is 65.0 Å². The van der Waals surface area contributed by atoms with Crippen LogP contribution in [0.5, 0.6) is 0 Å². The number of nitrogens with one attached hydrogen (secondary N) is 1. The number of nitrogens with zero attached hydrogens (tertiary/aromatic N) is 2. The fourth-order valence-corrected chi connectivity index (χ4v) is 2.41. The molecule has 0 unspecified atom stereocenters. The first-order valence-electron chi connectivity index (χ1n) is 7.82. The third-order valence-electron chi connectivity index (χ3n) is 3.86. The van der Waals surface area contributed by atoms with Gasteiger partial charge in [-0.15, -0.1) is 6.42 Å². The van der Waals surface area contributed by atoms with E-state index in [4.69, 9.17) is 11.2 Å². The van der Waals surface area contributed by atoms with Crippen LogP contribution in [0.2, 0.25) is 0 Å². The van der Waals surface area contributed by atoms with Gasteiger partial charge in [0.25, 0.3) is 5.91 Å². The van der Waals surface area contributed by atoms with Gasteiger partial charge in [-0.05, 0) is 40.4 Å². The molecular formula is C16H29N3O3. The summed E-state index contributed by atoms with van der Waals surface area (Å²) in [6.45, 7) is 3.07. The number of terminal acetylenes is 1. The summed E-state index contributed by atoms with van der Waals surface area (Å²) in [4.78, 5) is 16.3. The molecule has 1 fully saturated rings. The zero-order valence-electron chi connectivity index (χ0n) is 13.9. The second kappa shape index (κ2) is 9.80. The average Bonchev–Trinajstić information content (AvgIpc) is 2.49. The summed E-state index contributed by atoms with van der Waals surface area (Å²) in [6.07, 6.45) is 5.79. The van der Waals surface area contributed by atoms with Crippen molar-refractivity contribution in [3.05, 3.63) is 0 Å². The van der Waals surface area contributed by atoms with Gasteiger partial charge >= 0.3 is 0 Å². The fraction of sp³-hybridized carbons (Fsp3) is 0.812. The molecule has 126 valence electrons. The summed E-state index contributed by atoms with van der Waals surface area (Å²) in [5, 5.41) is 12.5. The highest BCUT2D eigenvalue weighted by Crippen LogP contribution is 2.22. The van der Waals surface area contributed by atoms with Crippen LogP contribution in [-0.2, 0) is 9.53 Å². The first kappa shape index (κ1) is 18.9. The van der Waals surface area contributed by atoms with Gasteiger partial charge in [-0.2, -0.15) is 0 Å². The molecule has 1 amide bonds. The summed E-state index contributed by atoms with van der Waals surface area (Å²) in [7, 11) is 6.19. The maximum Gasteiger partial charge on any atom is 0.252 e. The van der Waals surface area contributed by atoms with E-state index in [9.17, 15) is 9.90 Å². The molecule has 2 N–H and O–H groups in total. The predicted octanol–water partition coefficient (Wildman–Crippen LogP) is -0.472. The molecule has 0 radical (unpaired) electrons. The predicted molar refractivity (Wildman–Crippen MR) is 86.4 cm³/mol. The van der Waals surface area contributed by atoms with Gasteiger partial charge in [0, 0.05) is 19.6 Å². The van der Waals surface area contributed by atoms with Crippen molar-refractivity contribution in [2.24, 2.45) is 0 Å². The van der Waals surface area contributed by atoms with Crippen molar-refractivity contribution in [3.8, 4) is 12.3 Å². The zero-order valence-corrected chi connectivity index (χ0v) is 13.9. The van der Waals surface area contributed by atoms with E-state index < -0.39 is 12.2 Å². The van der Waals surface area contributed by atoms with E-state index in [1.807, 2.05) is 0 Å². The zero-order chi connectivity index (χ0) is 16.5. The molecule has 1 saturated heterocycles. The first-order valence-corrected chi connectivity index (χ1v) is 7.82. The van der Waals surface area contributed by atoms with Crippen LogP contribution in [0.3, 0.4) is 0 Å². The SMILES string of the molecule is C#CCNC(=O)[C@H]1O[C@H](CCN(C)CCN(C)C)CC[C@@H]1O. The van der Waals surface area contributed by atoms with Crippen LogP contribution in [0.4, 0.5) is 0 Å². The monoisotopic (exact) mass is 311 g/mol. The molecule has 1 rings (SSSR count). The molecule has 6 nitrogen and oxygen atoms in total. The van der Waals surface area contributed by atoms with Gasteiger partial charge in [0.15, 0.2) is 6.10 Å². The standard InChI is InChI=1S/C16H29N3O3/c1-5-9-17-16(21)15-14(20)7-6-13(22-15)8-10-19(4)12-11-18(2)3/h1,13-15,20H,6-12H2,2-4H3,(H,17,21)/t13-,14-,15-/m0/s1. The van der Waals surface area contributed by atoms with Crippen molar-refractivity contribution in [2.75, 3.05) is 47.3 Å². The number of likely N-dealkylation sites (N-methyl/N-ethyl adjacent to an activating group) is 2. The van der Waals surface area contributed by atoms with Crippen LogP contribution in [0, 0.1) is 12.3 Å². The van der Waals surface area contributed by atoms with E-state index in [-0.39, 0.29) is 18.6 Å². The Hall–Kier alpha value is -1.13. The normalized spacial score (nSPS) is 25.2. The van der Waals surface area contributed by atoms with Gasteiger partial charge in [-0.3, -0.25) is 4.79 Å². The molecular weight excluding hydrogens is 282 g/mol. The van der Waals surface area contributed by atoms with Crippen LogP contribution in [-0.4, -0.2) is 86.4 Å². The van der Waals surface area contributed by atoms with E-state index in [1.165, 1.54) is 0 Å². The Morgan fingerprint density at radius 3 is 2.68 bits per heavy atom. The van der Waals surface area contributed by atoms with Gasteiger partial charge in [-0.1, -0.05) is 5.92 Å². The van der Waals surface area contributed by atoms with Gasteiger partial charge in [0.2, 0.25) is 0 Å². The third-order valence-corrected chi connectivity index (χ3v) is 3.86. The molecule has 0 aromatic rings. The molecule has 1 heterocycles. The number of aliphatic hydroxyl groups is 1. The number of rotatable bonds is 8. The van der Waals surface area contributed by atoms with E-state index in [0.717, 1.165) is 32.5 Å². The molecule has 1 aliphatic rings. The second-order valence-corrected chi connectivity index (χ2v) is 6.14. The highest BCUT2D eigenvalue weighted by atomic mass is 16.5. The smallest absolute Gasteiger partial charge is 0.252 e. The Labute approximate surface area is 133 Å². The number of amides is 1. The summed E-state index contributed by atoms with van der Waals surface area (Å²) in [6, 6.07) is 0. The number of aliphatic hydroxyl groups excluding tert-OH is 1. The molecule has 1 aliphatic heterocycles. The molecule has 22 heavy (non-hydrogen) atoms. The third kappa shape index (κ3) is 6.75. The van der Waals surface area contributed by atoms with Crippen molar-refractivity contribution in [2.45, 2.75) is 37.6 Å². The average molecular weight is 311 g/mol. The van der Waals surface area contributed by atoms with Gasteiger partial charge in [0.05, 0.1) is 18.8 Å². The molecule has 0 aromatic heterocycles. The second-order valence-electron chi connectivity index (χ2n) is 6.14. The first-order chi connectivity index (χ1) is 10.4. The van der Waals surface area contributed by atoms with E-state index in [1.54, 1.807) is 0 Å². The minimum absolute atomic E-state index is 0.00629. The van der Waals surface area contributed by atoms with Crippen LogP contribution < -0.4 is 5.32 Å². The van der Waals surface area contributed by atoms with Crippen molar-refractivity contribution in [1.82, 2.24) is 15.1 Å². The quantitative estimate of drug-likeness (QED) is 0.593. The lowest BCUT2D eigenvalue weighted by atomic mass is 9.98. The lowest BCUT2D eigenvalue weighted by molar-refractivity contribution is -0.158. The van der Waals surface area contributed by atoms with Crippen molar-refractivity contribution >= 4 is 5.91 Å². The lowest BCUT2D eigenvalue weighted by Crippen LogP contribution is -2.49. The lowest BCUT2D eigenvalue weighted by Gasteiger charge is -2.33. The van der Waals surface area contributed by atoms with Crippen molar-refractivity contribution in [1.29, 1.82) is 0 Å². The molecule has 0 bridgehead atoms. The van der Waals surface area contributed by atoms with Crippen molar-refractivity contribution in [3.63, 3.8) is 0 Å². The highest BCUT2D eigenvalue weighted by molar-refractivity contribution is 5.81. The van der Waals surface area contributed by atoms with E-state index in [2.05, 4.69) is 42.2 Å². The number of carbonyl (C=O) groups excluding carboxylic acids is 1. The number of ether oxygens (including phenoxy) is 1. The maximum absolute atomic E-state index is 11.9. The van der Waals surface area contributed by atoms with Gasteiger partial charge < -0.3 is 25.0 Å². The van der Waals surface area contributed by atoms with Gasteiger partial charge in [-0.25, -0.2) is 0 Å². The number of hydrogen-bond donors (Lipinski definition) is 2. The Morgan fingerprint density at radius 2 is 2.05 bits per heavy atom. The minimum Gasteiger partial charge on any atom is -0.390 e. The Kier molecular flexibility index (Phi) is 8.43. The van der Waals surface area contributed by atoms with Crippen molar-refractivity contribution < 1.29 is 14.6 Å². The van der Waals surface area contributed by atoms with Crippen LogP contribution >= 0.6 is 0 Å². The molecule has 0 aromatic carbocycles. The fourth-order valence-electron chi connectivity index (χ4n) is 2.41. The van der Waals surface area contributed by atoms with Crippen LogP contribution in [0.1, 0.15) is 19.3 Å². The Balaban J connectivity index is 2.36. The largest absolute Gasteiger partial charge is 0.390 e. The number of carbonyl (C=O) groups is 1. The number of hydrogen-bond acceptors (Lipinski definition) is 5. The molecule has 0 saturated carbocycles. The molecule has 6 heteroatoms. The van der Waals surface area contributed by atoms with E-state index >= 15 is 0 Å². The maximum atomic E-state index is 11.9. The summed E-state index contributed by atoms with van der Waals surface area (Å²) in [5.41, 5.74) is 0.